The van der Waals surface area contributed by atoms with E-state index in [2.05, 4.69) is 17.0 Å². The van der Waals surface area contributed by atoms with E-state index in [0.717, 1.165) is 31.5 Å². The molecule has 0 bridgehead atoms. The van der Waals surface area contributed by atoms with Crippen molar-refractivity contribution in [2.75, 3.05) is 13.1 Å². The Hall–Kier alpha value is -2.13. The van der Waals surface area contributed by atoms with Gasteiger partial charge in [0.05, 0.1) is 0 Å². The van der Waals surface area contributed by atoms with Gasteiger partial charge in [0.15, 0.2) is 0 Å². The van der Waals surface area contributed by atoms with E-state index in [-0.39, 0.29) is 0 Å². The van der Waals surface area contributed by atoms with Gasteiger partial charge < -0.3 is 5.11 Å². The molecule has 1 N–H and O–H groups in total. The van der Waals surface area contributed by atoms with Crippen molar-refractivity contribution < 1.29 is 9.90 Å². The first-order valence-electron chi connectivity index (χ1n) is 7.34. The van der Waals surface area contributed by atoms with Crippen molar-refractivity contribution >= 4 is 5.97 Å². The van der Waals surface area contributed by atoms with Crippen LogP contribution in [0.15, 0.2) is 54.6 Å². The molecule has 108 valence electrons. The van der Waals surface area contributed by atoms with Gasteiger partial charge in [-0.1, -0.05) is 54.6 Å². The maximum absolute atomic E-state index is 11.7. The summed E-state index contributed by atoms with van der Waals surface area (Å²) in [4.78, 5) is 13.8. The van der Waals surface area contributed by atoms with E-state index in [1.807, 2.05) is 42.5 Å². The number of aliphatic carboxylic acids is 1. The molecule has 1 unspecified atom stereocenters. The lowest BCUT2D eigenvalue weighted by molar-refractivity contribution is -0.144. The highest BCUT2D eigenvalue weighted by Crippen LogP contribution is 2.29. The van der Waals surface area contributed by atoms with Gasteiger partial charge >= 0.3 is 5.97 Å². The number of carboxylic acid groups (broad SMARTS) is 1. The molecule has 0 fully saturated rings. The number of benzene rings is 2. The Morgan fingerprint density at radius 2 is 1.81 bits per heavy atom. The second-order valence-corrected chi connectivity index (χ2v) is 5.46. The number of nitrogens with zero attached hydrogens (tertiary/aromatic N) is 1. The fraction of sp³-hybridized carbons (Fsp3) is 0.278. The Morgan fingerprint density at radius 3 is 2.57 bits per heavy atom. The molecule has 1 aliphatic heterocycles. The van der Waals surface area contributed by atoms with Gasteiger partial charge in [0, 0.05) is 13.1 Å². The number of fused-ring (bicyclic) bond motifs is 1. The van der Waals surface area contributed by atoms with E-state index in [4.69, 9.17) is 0 Å². The smallest absolute Gasteiger partial charge is 0.325 e. The zero-order valence-electron chi connectivity index (χ0n) is 11.9. The molecule has 3 heteroatoms. The molecular weight excluding hydrogens is 262 g/mol. The molecule has 0 saturated heterocycles. The van der Waals surface area contributed by atoms with Crippen LogP contribution in [0.5, 0.6) is 0 Å². The molecule has 0 amide bonds. The van der Waals surface area contributed by atoms with Crippen LogP contribution in [0.4, 0.5) is 0 Å². The van der Waals surface area contributed by atoms with Crippen molar-refractivity contribution in [2.45, 2.75) is 18.9 Å². The molecule has 3 rings (SSSR count). The normalized spacial score (nSPS) is 18.2. The third kappa shape index (κ3) is 2.98. The maximum atomic E-state index is 11.7. The van der Waals surface area contributed by atoms with Crippen LogP contribution in [-0.2, 0) is 17.6 Å². The Bertz CT molecular complexity index is 624. The van der Waals surface area contributed by atoms with Gasteiger partial charge in [0.1, 0.15) is 6.04 Å². The standard InChI is InChI=1S/C18H19NO2/c20-18(21)17-16-9-5-4-8-15(16)11-13-19(17)12-10-14-6-2-1-3-7-14/h1-9,17H,10-13H2,(H,20,21). The number of hydrogen-bond donors (Lipinski definition) is 1. The summed E-state index contributed by atoms with van der Waals surface area (Å²) in [6, 6.07) is 17.6. The van der Waals surface area contributed by atoms with Crippen molar-refractivity contribution in [2.24, 2.45) is 0 Å². The molecule has 0 aliphatic carbocycles. The minimum Gasteiger partial charge on any atom is -0.480 e. The molecule has 1 aliphatic rings. The summed E-state index contributed by atoms with van der Waals surface area (Å²) < 4.78 is 0. The van der Waals surface area contributed by atoms with E-state index in [9.17, 15) is 9.90 Å². The lowest BCUT2D eigenvalue weighted by Crippen LogP contribution is -2.40. The fourth-order valence-electron chi connectivity index (χ4n) is 3.07. The highest BCUT2D eigenvalue weighted by Gasteiger charge is 2.32. The van der Waals surface area contributed by atoms with E-state index in [0.29, 0.717) is 0 Å². The summed E-state index contributed by atoms with van der Waals surface area (Å²) in [5.41, 5.74) is 3.37. The van der Waals surface area contributed by atoms with Crippen LogP contribution in [0.1, 0.15) is 22.7 Å². The van der Waals surface area contributed by atoms with Gasteiger partial charge in [-0.25, -0.2) is 0 Å². The third-order valence-corrected chi connectivity index (χ3v) is 4.15. The Morgan fingerprint density at radius 1 is 1.10 bits per heavy atom. The molecule has 21 heavy (non-hydrogen) atoms. The molecular formula is C18H19NO2. The lowest BCUT2D eigenvalue weighted by atomic mass is 9.92. The largest absolute Gasteiger partial charge is 0.480 e. The van der Waals surface area contributed by atoms with E-state index in [1.165, 1.54) is 11.1 Å². The molecule has 1 heterocycles. The minimum atomic E-state index is -0.754. The van der Waals surface area contributed by atoms with E-state index >= 15 is 0 Å². The zero-order valence-corrected chi connectivity index (χ0v) is 11.9. The van der Waals surface area contributed by atoms with Gasteiger partial charge in [-0.3, -0.25) is 9.69 Å². The minimum absolute atomic E-state index is 0.515. The van der Waals surface area contributed by atoms with Crippen LogP contribution in [-0.4, -0.2) is 29.1 Å². The van der Waals surface area contributed by atoms with Crippen molar-refractivity contribution in [3.05, 3.63) is 71.3 Å². The number of rotatable bonds is 4. The summed E-state index contributed by atoms with van der Waals surface area (Å²) in [5, 5.41) is 9.61. The van der Waals surface area contributed by atoms with E-state index < -0.39 is 12.0 Å². The summed E-state index contributed by atoms with van der Waals surface area (Å²) in [6.07, 6.45) is 1.81. The topological polar surface area (TPSA) is 40.5 Å². The summed E-state index contributed by atoms with van der Waals surface area (Å²) in [6.45, 7) is 1.58. The van der Waals surface area contributed by atoms with Crippen molar-refractivity contribution in [3.63, 3.8) is 0 Å². The number of hydrogen-bond acceptors (Lipinski definition) is 2. The Balaban J connectivity index is 1.78. The second kappa shape index (κ2) is 6.10. The van der Waals surface area contributed by atoms with Crippen molar-refractivity contribution in [3.8, 4) is 0 Å². The average molecular weight is 281 g/mol. The SMILES string of the molecule is O=C(O)C1c2ccccc2CCN1CCc1ccccc1. The van der Waals surface area contributed by atoms with Crippen LogP contribution in [0.25, 0.3) is 0 Å². The third-order valence-electron chi connectivity index (χ3n) is 4.15. The van der Waals surface area contributed by atoms with Crippen LogP contribution < -0.4 is 0 Å². The quantitative estimate of drug-likeness (QED) is 0.936. The lowest BCUT2D eigenvalue weighted by Gasteiger charge is -2.34. The van der Waals surface area contributed by atoms with Crippen LogP contribution in [0.3, 0.4) is 0 Å². The molecule has 0 aromatic heterocycles. The maximum Gasteiger partial charge on any atom is 0.325 e. The van der Waals surface area contributed by atoms with Gasteiger partial charge in [-0.15, -0.1) is 0 Å². The number of carboxylic acids is 1. The van der Waals surface area contributed by atoms with Gasteiger partial charge in [0.25, 0.3) is 0 Å². The average Bonchev–Trinajstić information content (AvgIpc) is 2.53. The first kappa shape index (κ1) is 13.8. The molecule has 2 aromatic rings. The molecule has 1 atom stereocenters. The van der Waals surface area contributed by atoms with Crippen LogP contribution >= 0.6 is 0 Å². The molecule has 3 nitrogen and oxygen atoms in total. The predicted molar refractivity (Wildman–Crippen MR) is 82.2 cm³/mol. The summed E-state index contributed by atoms with van der Waals surface area (Å²) >= 11 is 0. The molecule has 0 spiro atoms. The predicted octanol–water partition coefficient (Wildman–Crippen LogP) is 2.91. The van der Waals surface area contributed by atoms with E-state index in [1.54, 1.807) is 0 Å². The zero-order chi connectivity index (χ0) is 14.7. The van der Waals surface area contributed by atoms with Gasteiger partial charge in [-0.2, -0.15) is 0 Å². The van der Waals surface area contributed by atoms with Gasteiger partial charge in [0.2, 0.25) is 0 Å². The highest BCUT2D eigenvalue weighted by molar-refractivity contribution is 5.76. The highest BCUT2D eigenvalue weighted by atomic mass is 16.4. The van der Waals surface area contributed by atoms with Crippen molar-refractivity contribution in [1.82, 2.24) is 4.90 Å². The first-order chi connectivity index (χ1) is 10.3. The van der Waals surface area contributed by atoms with Crippen LogP contribution in [0, 0.1) is 0 Å². The summed E-state index contributed by atoms with van der Waals surface area (Å²) in [7, 11) is 0. The van der Waals surface area contributed by atoms with Crippen molar-refractivity contribution in [1.29, 1.82) is 0 Å². The number of carbonyl (C=O) groups is 1. The fourth-order valence-corrected chi connectivity index (χ4v) is 3.07. The van der Waals surface area contributed by atoms with Gasteiger partial charge in [-0.05, 0) is 29.5 Å². The Kier molecular flexibility index (Phi) is 4.02. The summed E-state index contributed by atoms with van der Waals surface area (Å²) in [5.74, 6) is -0.754. The first-order valence-corrected chi connectivity index (χ1v) is 7.34. The molecule has 2 aromatic carbocycles. The van der Waals surface area contributed by atoms with Crippen LogP contribution in [0.2, 0.25) is 0 Å². The molecule has 0 radical (unpaired) electrons. The molecule has 0 saturated carbocycles. The Labute approximate surface area is 124 Å². The monoisotopic (exact) mass is 281 g/mol. The second-order valence-electron chi connectivity index (χ2n) is 5.46.